The molecule has 0 bridgehead atoms. The Morgan fingerprint density at radius 2 is 2.04 bits per heavy atom. The lowest BCUT2D eigenvalue weighted by molar-refractivity contribution is -0.139. The summed E-state index contributed by atoms with van der Waals surface area (Å²) >= 11 is 0. The maximum atomic E-state index is 13.7. The van der Waals surface area contributed by atoms with Gasteiger partial charge >= 0.3 is 0 Å². The maximum Gasteiger partial charge on any atom is 0.252 e. The SMILES string of the molecule is O=C(NCc1cccnc1Oc1ccc(F)cc1F)C1(O)CCCC1. The molecule has 2 aromatic rings. The predicted octanol–water partition coefficient (Wildman–Crippen LogP) is 3.07. The van der Waals surface area contributed by atoms with Crippen molar-refractivity contribution < 1.29 is 23.4 Å². The molecular formula is C18H18F2N2O3. The van der Waals surface area contributed by atoms with Gasteiger partial charge in [0.05, 0.1) is 0 Å². The second kappa shape index (κ2) is 7.14. The van der Waals surface area contributed by atoms with Crippen LogP contribution in [0.1, 0.15) is 31.2 Å². The molecule has 1 aromatic heterocycles. The van der Waals surface area contributed by atoms with Crippen LogP contribution in [-0.4, -0.2) is 21.6 Å². The van der Waals surface area contributed by atoms with Crippen LogP contribution < -0.4 is 10.1 Å². The van der Waals surface area contributed by atoms with E-state index in [1.54, 1.807) is 12.1 Å². The van der Waals surface area contributed by atoms with Gasteiger partial charge in [-0.25, -0.2) is 13.8 Å². The monoisotopic (exact) mass is 348 g/mol. The van der Waals surface area contributed by atoms with Crippen LogP contribution in [0, 0.1) is 11.6 Å². The highest BCUT2D eigenvalue weighted by atomic mass is 19.1. The summed E-state index contributed by atoms with van der Waals surface area (Å²) in [5.74, 6) is -2.05. The van der Waals surface area contributed by atoms with Crippen LogP contribution in [0.2, 0.25) is 0 Å². The lowest BCUT2D eigenvalue weighted by atomic mass is 10.0. The fourth-order valence-corrected chi connectivity index (χ4v) is 2.84. The summed E-state index contributed by atoms with van der Waals surface area (Å²) in [6.07, 6.45) is 3.97. The molecule has 1 aliphatic carbocycles. The number of benzene rings is 1. The zero-order valence-electron chi connectivity index (χ0n) is 13.5. The highest BCUT2D eigenvalue weighted by molar-refractivity contribution is 5.85. The van der Waals surface area contributed by atoms with Gasteiger partial charge in [-0.1, -0.05) is 6.07 Å². The van der Waals surface area contributed by atoms with Crippen LogP contribution in [0.5, 0.6) is 11.6 Å². The number of aliphatic hydroxyl groups is 1. The van der Waals surface area contributed by atoms with Gasteiger partial charge in [0.2, 0.25) is 5.88 Å². The molecule has 25 heavy (non-hydrogen) atoms. The Balaban J connectivity index is 1.71. The number of hydrogen-bond acceptors (Lipinski definition) is 4. The van der Waals surface area contributed by atoms with Crippen molar-refractivity contribution in [2.75, 3.05) is 0 Å². The second-order valence-corrected chi connectivity index (χ2v) is 6.07. The van der Waals surface area contributed by atoms with Crippen molar-refractivity contribution in [3.8, 4) is 11.6 Å². The second-order valence-electron chi connectivity index (χ2n) is 6.07. The zero-order valence-corrected chi connectivity index (χ0v) is 13.5. The standard InChI is InChI=1S/C18H18F2N2O3/c19-13-5-6-15(14(20)10-13)25-16-12(4-3-9-21-16)11-22-17(23)18(24)7-1-2-8-18/h3-6,9-10,24H,1-2,7-8,11H2,(H,22,23). The molecule has 1 amide bonds. The van der Waals surface area contributed by atoms with Crippen molar-refractivity contribution in [2.24, 2.45) is 0 Å². The van der Waals surface area contributed by atoms with E-state index in [-0.39, 0.29) is 18.2 Å². The van der Waals surface area contributed by atoms with Crippen LogP contribution in [0.15, 0.2) is 36.5 Å². The third-order valence-electron chi connectivity index (χ3n) is 4.24. The number of aromatic nitrogens is 1. The van der Waals surface area contributed by atoms with E-state index in [1.165, 1.54) is 12.3 Å². The average Bonchev–Trinajstić information content (AvgIpc) is 3.04. The normalized spacial score (nSPS) is 15.8. The Kier molecular flexibility index (Phi) is 4.94. The number of pyridine rings is 1. The van der Waals surface area contributed by atoms with E-state index in [0.29, 0.717) is 18.4 Å². The molecule has 7 heteroatoms. The van der Waals surface area contributed by atoms with Crippen molar-refractivity contribution in [3.05, 3.63) is 53.7 Å². The number of carbonyl (C=O) groups excluding carboxylic acids is 1. The van der Waals surface area contributed by atoms with E-state index in [4.69, 9.17) is 4.74 Å². The van der Waals surface area contributed by atoms with Crippen molar-refractivity contribution in [1.82, 2.24) is 10.3 Å². The quantitative estimate of drug-likeness (QED) is 0.871. The number of nitrogens with one attached hydrogen (secondary N) is 1. The van der Waals surface area contributed by atoms with E-state index in [1.807, 2.05) is 0 Å². The molecule has 1 aromatic carbocycles. The molecule has 1 heterocycles. The van der Waals surface area contributed by atoms with Gasteiger partial charge in [-0.15, -0.1) is 0 Å². The summed E-state index contributed by atoms with van der Waals surface area (Å²) in [6, 6.07) is 6.29. The predicted molar refractivity (Wildman–Crippen MR) is 85.9 cm³/mol. The van der Waals surface area contributed by atoms with Crippen molar-refractivity contribution in [3.63, 3.8) is 0 Å². The molecule has 2 N–H and O–H groups in total. The largest absolute Gasteiger partial charge is 0.436 e. The van der Waals surface area contributed by atoms with E-state index in [0.717, 1.165) is 25.0 Å². The van der Waals surface area contributed by atoms with Crippen molar-refractivity contribution in [2.45, 2.75) is 37.8 Å². The minimum atomic E-state index is -1.33. The maximum absolute atomic E-state index is 13.7. The van der Waals surface area contributed by atoms with Gasteiger partial charge < -0.3 is 15.2 Å². The number of nitrogens with zero attached hydrogens (tertiary/aromatic N) is 1. The topological polar surface area (TPSA) is 71.5 Å². The summed E-state index contributed by atoms with van der Waals surface area (Å²) in [7, 11) is 0. The number of hydrogen-bond donors (Lipinski definition) is 2. The lowest BCUT2D eigenvalue weighted by Gasteiger charge is -2.21. The summed E-state index contributed by atoms with van der Waals surface area (Å²) in [4.78, 5) is 16.2. The molecule has 132 valence electrons. The Morgan fingerprint density at radius 3 is 2.76 bits per heavy atom. The zero-order chi connectivity index (χ0) is 17.9. The highest BCUT2D eigenvalue weighted by Gasteiger charge is 2.38. The fraction of sp³-hybridized carbons (Fsp3) is 0.333. The summed E-state index contributed by atoms with van der Waals surface area (Å²) < 4.78 is 32.1. The van der Waals surface area contributed by atoms with Crippen LogP contribution >= 0.6 is 0 Å². The summed E-state index contributed by atoms with van der Waals surface area (Å²) in [6.45, 7) is 0.0765. The van der Waals surface area contributed by atoms with Crippen LogP contribution in [-0.2, 0) is 11.3 Å². The molecule has 0 atom stereocenters. The van der Waals surface area contributed by atoms with Crippen molar-refractivity contribution >= 4 is 5.91 Å². The fourth-order valence-electron chi connectivity index (χ4n) is 2.84. The smallest absolute Gasteiger partial charge is 0.252 e. The van der Waals surface area contributed by atoms with Gasteiger partial charge in [0.25, 0.3) is 5.91 Å². The molecule has 1 fully saturated rings. The first-order chi connectivity index (χ1) is 12.0. The number of halogens is 2. The van der Waals surface area contributed by atoms with Gasteiger partial charge in [0, 0.05) is 24.4 Å². The Labute approximate surface area is 143 Å². The summed E-state index contributed by atoms with van der Waals surface area (Å²) in [5, 5.41) is 12.9. The molecule has 1 aliphatic rings. The first-order valence-electron chi connectivity index (χ1n) is 8.05. The van der Waals surface area contributed by atoms with Gasteiger partial charge in [0.1, 0.15) is 11.4 Å². The number of rotatable bonds is 5. The molecule has 0 unspecified atom stereocenters. The number of carbonyl (C=O) groups is 1. The highest BCUT2D eigenvalue weighted by Crippen LogP contribution is 2.30. The third-order valence-corrected chi connectivity index (χ3v) is 4.24. The van der Waals surface area contributed by atoms with Crippen LogP contribution in [0.3, 0.4) is 0 Å². The third kappa shape index (κ3) is 3.93. The van der Waals surface area contributed by atoms with E-state index in [2.05, 4.69) is 10.3 Å². The first-order valence-corrected chi connectivity index (χ1v) is 8.05. The van der Waals surface area contributed by atoms with Gasteiger partial charge in [-0.05, 0) is 43.9 Å². The molecule has 5 nitrogen and oxygen atoms in total. The Morgan fingerprint density at radius 1 is 1.28 bits per heavy atom. The molecule has 0 saturated heterocycles. The number of amides is 1. The van der Waals surface area contributed by atoms with Crippen molar-refractivity contribution in [1.29, 1.82) is 0 Å². The molecule has 0 radical (unpaired) electrons. The lowest BCUT2D eigenvalue weighted by Crippen LogP contribution is -2.44. The molecule has 1 saturated carbocycles. The molecule has 3 rings (SSSR count). The average molecular weight is 348 g/mol. The van der Waals surface area contributed by atoms with Gasteiger partial charge in [-0.2, -0.15) is 0 Å². The minimum absolute atomic E-state index is 0.0765. The van der Waals surface area contributed by atoms with Gasteiger partial charge in [0.15, 0.2) is 11.6 Å². The molecular weight excluding hydrogens is 330 g/mol. The molecule has 0 aliphatic heterocycles. The Hall–Kier alpha value is -2.54. The first kappa shape index (κ1) is 17.3. The van der Waals surface area contributed by atoms with E-state index in [9.17, 15) is 18.7 Å². The summed E-state index contributed by atoms with van der Waals surface area (Å²) in [5.41, 5.74) is -0.812. The van der Waals surface area contributed by atoms with Crippen LogP contribution in [0.4, 0.5) is 8.78 Å². The molecule has 0 spiro atoms. The Bertz CT molecular complexity index is 777. The minimum Gasteiger partial charge on any atom is -0.436 e. The van der Waals surface area contributed by atoms with Gasteiger partial charge in [-0.3, -0.25) is 4.79 Å². The van der Waals surface area contributed by atoms with Crippen LogP contribution in [0.25, 0.3) is 0 Å². The van der Waals surface area contributed by atoms with E-state index < -0.39 is 23.1 Å². The number of ether oxygens (including phenoxy) is 1. The van der Waals surface area contributed by atoms with E-state index >= 15 is 0 Å².